The Morgan fingerprint density at radius 2 is 1.67 bits per heavy atom. The van der Waals surface area contributed by atoms with Gasteiger partial charge in [-0.1, -0.05) is 12.0 Å². The van der Waals surface area contributed by atoms with Crippen LogP contribution in [-0.4, -0.2) is 73.6 Å². The van der Waals surface area contributed by atoms with Crippen molar-refractivity contribution in [1.29, 1.82) is 0 Å². The number of H-pyrrole nitrogens is 1. The highest BCUT2D eigenvalue weighted by atomic mass is 19.1. The lowest BCUT2D eigenvalue weighted by Gasteiger charge is -2.24. The van der Waals surface area contributed by atoms with Gasteiger partial charge in [0.1, 0.15) is 23.7 Å². The van der Waals surface area contributed by atoms with Crippen molar-refractivity contribution >= 4 is 46.3 Å². The van der Waals surface area contributed by atoms with Crippen LogP contribution in [0.25, 0.3) is 10.9 Å². The van der Waals surface area contributed by atoms with Crippen molar-refractivity contribution < 1.29 is 43.7 Å². The van der Waals surface area contributed by atoms with Gasteiger partial charge in [-0.2, -0.15) is 0 Å². The van der Waals surface area contributed by atoms with E-state index in [1.807, 2.05) is 0 Å². The molecule has 15 heteroatoms. The summed E-state index contributed by atoms with van der Waals surface area (Å²) >= 11 is 0. The number of aliphatic carboxylic acids is 3. The molecule has 14 nitrogen and oxygen atoms in total. The van der Waals surface area contributed by atoms with Gasteiger partial charge in [0.2, 0.25) is 5.91 Å². The maximum absolute atomic E-state index is 15.3. The van der Waals surface area contributed by atoms with Gasteiger partial charge in [0, 0.05) is 25.1 Å². The van der Waals surface area contributed by atoms with Crippen LogP contribution in [0.1, 0.15) is 47.4 Å². The summed E-state index contributed by atoms with van der Waals surface area (Å²) in [6, 6.07) is 5.45. The summed E-state index contributed by atoms with van der Waals surface area (Å²) in [5.74, 6) is -4.37. The Bertz CT molecular complexity index is 1730. The van der Waals surface area contributed by atoms with E-state index < -0.39 is 78.9 Å². The first-order valence-electron chi connectivity index (χ1n) is 13.5. The van der Waals surface area contributed by atoms with Gasteiger partial charge in [-0.3, -0.25) is 24.0 Å². The van der Waals surface area contributed by atoms with Gasteiger partial charge in [-0.05, 0) is 55.7 Å². The van der Waals surface area contributed by atoms with Crippen LogP contribution < -0.4 is 21.1 Å². The Balaban J connectivity index is 1.81. The minimum Gasteiger partial charge on any atom is -0.481 e. The molecule has 0 saturated carbocycles. The van der Waals surface area contributed by atoms with E-state index in [9.17, 15) is 33.9 Å². The molecule has 0 unspecified atom stereocenters. The number of anilines is 1. The Hall–Kier alpha value is -5.78. The normalized spacial score (nSPS) is 12.0. The van der Waals surface area contributed by atoms with Gasteiger partial charge >= 0.3 is 17.9 Å². The molecule has 2 aromatic carbocycles. The van der Waals surface area contributed by atoms with E-state index in [-0.39, 0.29) is 18.6 Å². The van der Waals surface area contributed by atoms with Crippen molar-refractivity contribution in [1.82, 2.24) is 20.6 Å². The number of carboxylic acid groups (broad SMARTS) is 3. The van der Waals surface area contributed by atoms with E-state index in [0.29, 0.717) is 28.0 Å². The van der Waals surface area contributed by atoms with Crippen molar-refractivity contribution in [2.24, 2.45) is 0 Å². The smallest absolute Gasteiger partial charge is 0.326 e. The van der Waals surface area contributed by atoms with Crippen LogP contribution in [0, 0.1) is 25.1 Å². The summed E-state index contributed by atoms with van der Waals surface area (Å²) in [5, 5.41) is 31.9. The monoisotopic (exact) mass is 623 g/mol. The first-order chi connectivity index (χ1) is 21.3. The Labute approximate surface area is 255 Å². The lowest BCUT2D eigenvalue weighted by atomic mass is 10.1. The standard InChI is InChI=1S/C30H30FN5O9/c1-3-12-36(15-17-4-7-22-20(13-17)28(42)33-16(2)32-22)18-5-6-19(21(31)14-18)27(41)34-23(8-10-25(37)38)29(43)35-24(30(44)45)9-11-26(39)40/h1,4-7,13-14,23-24H,8-12,15H2,2H3,(H,34,41)(H,35,43)(H,37,38)(H,39,40)(H,44,45)(H,32,33,42)/t23-,24-/m0/s1. The Morgan fingerprint density at radius 1 is 1.00 bits per heavy atom. The molecule has 0 spiro atoms. The molecule has 0 aliphatic carbocycles. The summed E-state index contributed by atoms with van der Waals surface area (Å²) in [7, 11) is 0. The fourth-order valence-corrected chi connectivity index (χ4v) is 4.43. The molecule has 0 radical (unpaired) electrons. The van der Waals surface area contributed by atoms with Crippen molar-refractivity contribution in [2.75, 3.05) is 11.4 Å². The van der Waals surface area contributed by atoms with Gasteiger partial charge in [0.05, 0.1) is 23.0 Å². The maximum Gasteiger partial charge on any atom is 0.326 e. The van der Waals surface area contributed by atoms with E-state index >= 15 is 4.39 Å². The van der Waals surface area contributed by atoms with Crippen molar-refractivity contribution in [3.05, 3.63) is 69.5 Å². The highest BCUT2D eigenvalue weighted by Gasteiger charge is 2.28. The number of carbonyl (C=O) groups excluding carboxylic acids is 2. The zero-order valence-corrected chi connectivity index (χ0v) is 24.0. The fraction of sp³-hybridized carbons (Fsp3) is 0.300. The molecule has 236 valence electrons. The molecule has 3 rings (SSSR count). The molecule has 3 aromatic rings. The van der Waals surface area contributed by atoms with Crippen molar-refractivity contribution in [3.8, 4) is 12.3 Å². The zero-order valence-electron chi connectivity index (χ0n) is 24.0. The highest BCUT2D eigenvalue weighted by Crippen LogP contribution is 2.22. The third-order valence-corrected chi connectivity index (χ3v) is 6.64. The number of aryl methyl sites for hydroxylation is 1. The topological polar surface area (TPSA) is 219 Å². The number of rotatable bonds is 15. The predicted molar refractivity (Wildman–Crippen MR) is 158 cm³/mol. The second-order valence-corrected chi connectivity index (χ2v) is 10.0. The molecule has 0 saturated heterocycles. The number of aromatic amines is 1. The molecule has 1 heterocycles. The van der Waals surface area contributed by atoms with Crippen LogP contribution >= 0.6 is 0 Å². The summed E-state index contributed by atoms with van der Waals surface area (Å²) in [6.07, 6.45) is 3.43. The van der Waals surface area contributed by atoms with Crippen LogP contribution in [-0.2, 0) is 25.7 Å². The highest BCUT2D eigenvalue weighted by molar-refractivity contribution is 5.98. The second kappa shape index (κ2) is 15.1. The first kappa shape index (κ1) is 33.7. The van der Waals surface area contributed by atoms with Gasteiger partial charge < -0.3 is 35.8 Å². The summed E-state index contributed by atoms with van der Waals surface area (Å²) in [4.78, 5) is 80.1. The van der Waals surface area contributed by atoms with Crippen LogP contribution in [0.5, 0.6) is 0 Å². The maximum atomic E-state index is 15.3. The van der Waals surface area contributed by atoms with E-state index in [4.69, 9.17) is 16.6 Å². The number of hydrogen-bond acceptors (Lipinski definition) is 8. The van der Waals surface area contributed by atoms with E-state index in [1.54, 1.807) is 30.0 Å². The Kier molecular flexibility index (Phi) is 11.3. The number of aromatic nitrogens is 2. The SMILES string of the molecule is C#CCN(Cc1ccc2nc(C)[nH]c(=O)c2c1)c1ccc(C(=O)N[C@@H](CCC(=O)O)C(=O)N[C@@H](CCC(=O)O)C(=O)O)c(F)c1. The largest absolute Gasteiger partial charge is 0.481 e. The molecule has 45 heavy (non-hydrogen) atoms. The van der Waals surface area contributed by atoms with Gasteiger partial charge in [-0.15, -0.1) is 6.42 Å². The van der Waals surface area contributed by atoms with Gasteiger partial charge in [0.15, 0.2) is 0 Å². The number of halogens is 1. The quantitative estimate of drug-likeness (QED) is 0.133. The molecule has 2 atom stereocenters. The molecule has 0 bridgehead atoms. The number of benzene rings is 2. The van der Waals surface area contributed by atoms with Crippen molar-refractivity contribution in [3.63, 3.8) is 0 Å². The number of carboxylic acids is 3. The Morgan fingerprint density at radius 3 is 2.27 bits per heavy atom. The fourth-order valence-electron chi connectivity index (χ4n) is 4.43. The number of hydrogen-bond donors (Lipinski definition) is 6. The third kappa shape index (κ3) is 9.35. The lowest BCUT2D eigenvalue weighted by molar-refractivity contribution is -0.143. The molecule has 1 aromatic heterocycles. The number of nitrogens with zero attached hydrogens (tertiary/aromatic N) is 2. The molecule has 0 aliphatic heterocycles. The lowest BCUT2D eigenvalue weighted by Crippen LogP contribution is -2.52. The van der Waals surface area contributed by atoms with E-state index in [2.05, 4.69) is 26.5 Å². The number of carbonyl (C=O) groups is 5. The number of amides is 2. The molecular formula is C30H30FN5O9. The third-order valence-electron chi connectivity index (χ3n) is 6.64. The van der Waals surface area contributed by atoms with Crippen LogP contribution in [0.4, 0.5) is 10.1 Å². The van der Waals surface area contributed by atoms with Gasteiger partial charge in [0.25, 0.3) is 11.5 Å². The van der Waals surface area contributed by atoms with Gasteiger partial charge in [-0.25, -0.2) is 14.2 Å². The molecule has 0 fully saturated rings. The first-order valence-corrected chi connectivity index (χ1v) is 13.5. The van der Waals surface area contributed by atoms with Crippen LogP contribution in [0.2, 0.25) is 0 Å². The van der Waals surface area contributed by atoms with Crippen molar-refractivity contribution in [2.45, 2.75) is 51.2 Å². The molecular weight excluding hydrogens is 593 g/mol. The van der Waals surface area contributed by atoms with Crippen LogP contribution in [0.3, 0.4) is 0 Å². The second-order valence-electron chi connectivity index (χ2n) is 10.0. The van der Waals surface area contributed by atoms with E-state index in [1.165, 1.54) is 6.07 Å². The minimum atomic E-state index is -1.63. The minimum absolute atomic E-state index is 0.0373. The zero-order chi connectivity index (χ0) is 33.3. The number of nitrogens with one attached hydrogen (secondary N) is 3. The molecule has 6 N–H and O–H groups in total. The summed E-state index contributed by atoms with van der Waals surface area (Å²) in [6.45, 7) is 1.87. The average Bonchev–Trinajstić information content (AvgIpc) is 2.96. The summed E-state index contributed by atoms with van der Waals surface area (Å²) in [5.41, 5.74) is 0.650. The van der Waals surface area contributed by atoms with E-state index in [0.717, 1.165) is 12.1 Å². The summed E-state index contributed by atoms with van der Waals surface area (Å²) < 4.78 is 15.3. The average molecular weight is 624 g/mol. The number of fused-ring (bicyclic) bond motifs is 1. The van der Waals surface area contributed by atoms with Crippen LogP contribution in [0.15, 0.2) is 41.2 Å². The number of terminal acetylenes is 1. The molecule has 0 aliphatic rings. The predicted octanol–water partition coefficient (Wildman–Crippen LogP) is 1.41. The molecule has 2 amide bonds.